The summed E-state index contributed by atoms with van der Waals surface area (Å²) in [5, 5.41) is 24.5. The van der Waals surface area contributed by atoms with Crippen molar-refractivity contribution in [1.29, 1.82) is 0 Å². The highest BCUT2D eigenvalue weighted by molar-refractivity contribution is 5.94. The van der Waals surface area contributed by atoms with Crippen molar-refractivity contribution in [3.63, 3.8) is 0 Å². The minimum absolute atomic E-state index is 0.179. The number of nitrogens with one attached hydrogen (secondary N) is 3. The van der Waals surface area contributed by atoms with Gasteiger partial charge in [-0.1, -0.05) is 0 Å². The largest absolute Gasteiger partial charge is 0.481 e. The van der Waals surface area contributed by atoms with Gasteiger partial charge in [-0.2, -0.15) is 0 Å². The molecule has 9 N–H and O–H groups in total. The summed E-state index contributed by atoms with van der Waals surface area (Å²) < 4.78 is 0. The SMILES string of the molecule is CC(N)C(=O)NC(CC(=O)O)C(=O)NCC(=O)NC(CCCCN)C(=O)O. The lowest BCUT2D eigenvalue weighted by atomic mass is 10.1. The number of amides is 3. The number of carbonyl (C=O) groups excluding carboxylic acids is 3. The average Bonchev–Trinajstić information content (AvgIpc) is 2.57. The molecule has 0 heterocycles. The van der Waals surface area contributed by atoms with E-state index in [9.17, 15) is 24.0 Å². The normalized spacial score (nSPS) is 13.7. The predicted octanol–water partition coefficient (Wildman–Crippen LogP) is -2.89. The van der Waals surface area contributed by atoms with Crippen molar-refractivity contribution in [2.45, 2.75) is 50.7 Å². The summed E-state index contributed by atoms with van der Waals surface area (Å²) in [6, 6.07) is -3.51. The summed E-state index contributed by atoms with van der Waals surface area (Å²) in [6.07, 6.45) is 0.581. The number of carboxylic acid groups (broad SMARTS) is 2. The zero-order chi connectivity index (χ0) is 21.0. The van der Waals surface area contributed by atoms with Crippen molar-refractivity contribution in [2.24, 2.45) is 11.5 Å². The van der Waals surface area contributed by atoms with Crippen LogP contribution in [-0.2, 0) is 24.0 Å². The summed E-state index contributed by atoms with van der Waals surface area (Å²) in [6.45, 7) is 1.17. The van der Waals surface area contributed by atoms with Gasteiger partial charge in [0.1, 0.15) is 12.1 Å². The summed E-state index contributed by atoms with van der Waals surface area (Å²) in [4.78, 5) is 57.4. The molecule has 0 spiro atoms. The minimum atomic E-state index is -1.42. The Balaban J connectivity index is 4.66. The number of hydrogen-bond donors (Lipinski definition) is 7. The summed E-state index contributed by atoms with van der Waals surface area (Å²) in [5.41, 5.74) is 10.7. The van der Waals surface area contributed by atoms with Crippen LogP contribution in [0.15, 0.2) is 0 Å². The number of unbranched alkanes of at least 4 members (excludes halogenated alkanes) is 1. The third-order valence-electron chi connectivity index (χ3n) is 3.43. The van der Waals surface area contributed by atoms with E-state index in [2.05, 4.69) is 16.0 Å². The van der Waals surface area contributed by atoms with Gasteiger partial charge in [0, 0.05) is 0 Å². The fraction of sp³-hybridized carbons (Fsp3) is 0.667. The Labute approximate surface area is 156 Å². The van der Waals surface area contributed by atoms with E-state index in [1.807, 2.05) is 0 Å². The second kappa shape index (κ2) is 12.6. The van der Waals surface area contributed by atoms with E-state index < -0.39 is 60.8 Å². The van der Waals surface area contributed by atoms with Crippen molar-refractivity contribution >= 4 is 29.7 Å². The molecule has 3 unspecified atom stereocenters. The Morgan fingerprint density at radius 2 is 1.59 bits per heavy atom. The molecular weight excluding hydrogens is 362 g/mol. The molecule has 0 aromatic carbocycles. The minimum Gasteiger partial charge on any atom is -0.481 e. The number of aliphatic carboxylic acids is 2. The molecule has 3 atom stereocenters. The molecule has 0 saturated carbocycles. The number of carbonyl (C=O) groups is 5. The van der Waals surface area contributed by atoms with Crippen LogP contribution in [0, 0.1) is 0 Å². The van der Waals surface area contributed by atoms with Gasteiger partial charge in [-0.3, -0.25) is 19.2 Å². The smallest absolute Gasteiger partial charge is 0.326 e. The number of carboxylic acids is 2. The van der Waals surface area contributed by atoms with Gasteiger partial charge in [0.05, 0.1) is 19.0 Å². The van der Waals surface area contributed by atoms with E-state index in [1.165, 1.54) is 6.92 Å². The van der Waals surface area contributed by atoms with Gasteiger partial charge in [0.2, 0.25) is 17.7 Å². The lowest BCUT2D eigenvalue weighted by molar-refractivity contribution is -0.142. The summed E-state index contributed by atoms with van der Waals surface area (Å²) in [7, 11) is 0. The standard InChI is InChI=1S/C15H27N5O7/c1-8(17)13(24)20-10(6-12(22)23)14(25)18-7-11(21)19-9(15(26)27)4-2-3-5-16/h8-10H,2-7,16-17H2,1H3,(H,18,25)(H,19,21)(H,20,24)(H,22,23)(H,26,27). The molecule has 0 aliphatic rings. The summed E-state index contributed by atoms with van der Waals surface area (Å²) in [5.74, 6) is -4.96. The fourth-order valence-corrected chi connectivity index (χ4v) is 1.97. The maximum absolute atomic E-state index is 12.0. The fourth-order valence-electron chi connectivity index (χ4n) is 1.97. The molecule has 0 radical (unpaired) electrons. The van der Waals surface area contributed by atoms with Crippen LogP contribution in [-0.4, -0.2) is 71.1 Å². The lowest BCUT2D eigenvalue weighted by Crippen LogP contribution is -2.53. The van der Waals surface area contributed by atoms with Gasteiger partial charge in [0.15, 0.2) is 0 Å². The van der Waals surface area contributed by atoms with E-state index in [4.69, 9.17) is 21.7 Å². The molecule has 154 valence electrons. The zero-order valence-electron chi connectivity index (χ0n) is 15.1. The first kappa shape index (κ1) is 24.3. The predicted molar refractivity (Wildman–Crippen MR) is 93.3 cm³/mol. The molecule has 0 fully saturated rings. The highest BCUT2D eigenvalue weighted by atomic mass is 16.4. The molecular formula is C15H27N5O7. The molecule has 0 aliphatic heterocycles. The van der Waals surface area contributed by atoms with Crippen LogP contribution in [0.2, 0.25) is 0 Å². The highest BCUT2D eigenvalue weighted by Gasteiger charge is 2.26. The highest BCUT2D eigenvalue weighted by Crippen LogP contribution is 2.01. The van der Waals surface area contributed by atoms with Crippen LogP contribution < -0.4 is 27.4 Å². The second-order valence-corrected chi connectivity index (χ2v) is 5.91. The molecule has 0 rings (SSSR count). The molecule has 0 aliphatic carbocycles. The van der Waals surface area contributed by atoms with E-state index in [-0.39, 0.29) is 6.42 Å². The molecule has 27 heavy (non-hydrogen) atoms. The van der Waals surface area contributed by atoms with Crippen molar-refractivity contribution in [2.75, 3.05) is 13.1 Å². The molecule has 0 aromatic heterocycles. The van der Waals surface area contributed by atoms with E-state index in [0.717, 1.165) is 0 Å². The number of hydrogen-bond acceptors (Lipinski definition) is 7. The molecule has 12 heteroatoms. The average molecular weight is 389 g/mol. The van der Waals surface area contributed by atoms with Crippen LogP contribution in [0.3, 0.4) is 0 Å². The van der Waals surface area contributed by atoms with Crippen LogP contribution in [0.4, 0.5) is 0 Å². The molecule has 12 nitrogen and oxygen atoms in total. The number of nitrogens with two attached hydrogens (primary N) is 2. The van der Waals surface area contributed by atoms with Crippen LogP contribution in [0.25, 0.3) is 0 Å². The Morgan fingerprint density at radius 3 is 2.07 bits per heavy atom. The van der Waals surface area contributed by atoms with Gasteiger partial charge in [-0.05, 0) is 32.7 Å². The molecule has 0 aromatic rings. The summed E-state index contributed by atoms with van der Waals surface area (Å²) >= 11 is 0. The Kier molecular flexibility index (Phi) is 11.3. The molecule has 0 saturated heterocycles. The third-order valence-corrected chi connectivity index (χ3v) is 3.43. The Morgan fingerprint density at radius 1 is 0.963 bits per heavy atom. The van der Waals surface area contributed by atoms with E-state index in [1.54, 1.807) is 0 Å². The Hall–Kier alpha value is -2.73. The number of rotatable bonds is 13. The van der Waals surface area contributed by atoms with Gasteiger partial charge >= 0.3 is 11.9 Å². The first-order valence-electron chi connectivity index (χ1n) is 8.36. The van der Waals surface area contributed by atoms with E-state index in [0.29, 0.717) is 19.4 Å². The van der Waals surface area contributed by atoms with Gasteiger partial charge < -0.3 is 37.6 Å². The van der Waals surface area contributed by atoms with Crippen LogP contribution >= 0.6 is 0 Å². The van der Waals surface area contributed by atoms with Crippen molar-refractivity contribution in [3.05, 3.63) is 0 Å². The first-order chi connectivity index (χ1) is 12.6. The topological polar surface area (TPSA) is 214 Å². The van der Waals surface area contributed by atoms with Gasteiger partial charge in [-0.25, -0.2) is 4.79 Å². The Bertz CT molecular complexity index is 553. The maximum atomic E-state index is 12.0. The molecule has 3 amide bonds. The van der Waals surface area contributed by atoms with Crippen molar-refractivity contribution in [1.82, 2.24) is 16.0 Å². The maximum Gasteiger partial charge on any atom is 0.326 e. The lowest BCUT2D eigenvalue weighted by Gasteiger charge is -2.19. The van der Waals surface area contributed by atoms with Crippen LogP contribution in [0.5, 0.6) is 0 Å². The van der Waals surface area contributed by atoms with E-state index >= 15 is 0 Å². The monoisotopic (exact) mass is 389 g/mol. The van der Waals surface area contributed by atoms with Crippen molar-refractivity contribution < 1.29 is 34.2 Å². The second-order valence-electron chi connectivity index (χ2n) is 5.91. The zero-order valence-corrected chi connectivity index (χ0v) is 15.1. The van der Waals surface area contributed by atoms with Crippen molar-refractivity contribution in [3.8, 4) is 0 Å². The third kappa shape index (κ3) is 10.8. The van der Waals surface area contributed by atoms with Gasteiger partial charge in [0.25, 0.3) is 0 Å². The van der Waals surface area contributed by atoms with Gasteiger partial charge in [-0.15, -0.1) is 0 Å². The molecule has 0 bridgehead atoms. The quantitative estimate of drug-likeness (QED) is 0.161. The van der Waals surface area contributed by atoms with Crippen LogP contribution in [0.1, 0.15) is 32.6 Å². The first-order valence-corrected chi connectivity index (χ1v) is 8.36.